The summed E-state index contributed by atoms with van der Waals surface area (Å²) in [7, 11) is 1.42. The highest BCUT2D eigenvalue weighted by Crippen LogP contribution is 2.43. The molecule has 3 atom stereocenters. The Balaban J connectivity index is 5.37. The van der Waals surface area contributed by atoms with Crippen molar-refractivity contribution in [3.8, 4) is 0 Å². The van der Waals surface area contributed by atoms with Gasteiger partial charge in [0, 0.05) is 12.8 Å². The molecule has 0 aliphatic rings. The molecule has 0 aromatic carbocycles. The van der Waals surface area contributed by atoms with E-state index in [0.717, 1.165) is 109 Å². The first-order valence-electron chi connectivity index (χ1n) is 30.5. The highest BCUT2D eigenvalue weighted by atomic mass is 31.2. The van der Waals surface area contributed by atoms with Crippen molar-refractivity contribution < 1.29 is 37.3 Å². The molecule has 2 N–H and O–H groups in total. The molecule has 1 amide bonds. The van der Waals surface area contributed by atoms with E-state index in [-0.39, 0.29) is 37.9 Å². The molecule has 0 saturated carbocycles. The molecule has 3 unspecified atom stereocenters. The van der Waals surface area contributed by atoms with Crippen molar-refractivity contribution in [1.82, 2.24) is 5.32 Å². The number of carbonyl (C=O) groups excluding carboxylic acids is 2. The van der Waals surface area contributed by atoms with E-state index in [1.165, 1.54) is 70.6 Å². The van der Waals surface area contributed by atoms with Crippen LogP contribution in [0.2, 0.25) is 0 Å². The number of rotatable bonds is 53. The monoisotopic (exact) mass is 1090 g/mol. The smallest absolute Gasteiger partial charge is 0.456 e. The Hall–Kier alpha value is -3.85. The zero-order valence-electron chi connectivity index (χ0n) is 49.9. The molecule has 0 heterocycles. The van der Waals surface area contributed by atoms with E-state index in [2.05, 4.69) is 148 Å². The summed E-state index contributed by atoms with van der Waals surface area (Å²) in [6.45, 7) is 6.78. The molecular formula is C67H114N2O7P+. The van der Waals surface area contributed by atoms with Crippen LogP contribution in [0.4, 0.5) is 0 Å². The van der Waals surface area contributed by atoms with Crippen molar-refractivity contribution in [3.05, 3.63) is 134 Å². The number of hydrogen-bond acceptors (Lipinski definition) is 6. The molecular weight excluding hydrogens is 976 g/mol. The number of allylic oxidation sites excluding steroid dienone is 21. The molecule has 77 heavy (non-hydrogen) atoms. The maximum absolute atomic E-state index is 13.5. The lowest BCUT2D eigenvalue weighted by atomic mass is 10.1. The van der Waals surface area contributed by atoms with E-state index < -0.39 is 20.0 Å². The van der Waals surface area contributed by atoms with Crippen LogP contribution < -0.4 is 5.32 Å². The molecule has 0 fully saturated rings. The minimum absolute atomic E-state index is 0.0181. The quantitative estimate of drug-likeness (QED) is 0.0205. The van der Waals surface area contributed by atoms with Gasteiger partial charge in [-0.25, -0.2) is 4.57 Å². The zero-order valence-corrected chi connectivity index (χ0v) is 50.8. The summed E-state index contributed by atoms with van der Waals surface area (Å²) in [5.74, 6) is -0.612. The van der Waals surface area contributed by atoms with Gasteiger partial charge < -0.3 is 19.4 Å². The van der Waals surface area contributed by atoms with Crippen LogP contribution in [0.15, 0.2) is 134 Å². The molecule has 0 bridgehead atoms. The molecule has 0 rings (SSSR count). The fourth-order valence-electron chi connectivity index (χ4n) is 7.87. The number of quaternary nitrogens is 1. The number of phosphoric acid groups is 1. The molecule has 0 aliphatic heterocycles. The third-order valence-corrected chi connectivity index (χ3v) is 13.6. The molecule has 0 spiro atoms. The van der Waals surface area contributed by atoms with Gasteiger partial charge in [0.25, 0.3) is 0 Å². The van der Waals surface area contributed by atoms with E-state index in [0.29, 0.717) is 23.9 Å². The number of unbranched alkanes of at least 4 members (excludes halogenated alkanes) is 17. The van der Waals surface area contributed by atoms with Crippen LogP contribution in [0, 0.1) is 0 Å². The van der Waals surface area contributed by atoms with Gasteiger partial charge in [-0.3, -0.25) is 18.6 Å². The second-order valence-electron chi connectivity index (χ2n) is 21.1. The lowest BCUT2D eigenvalue weighted by molar-refractivity contribution is -0.870. The van der Waals surface area contributed by atoms with Gasteiger partial charge >= 0.3 is 13.8 Å². The molecule has 0 saturated heterocycles. The highest BCUT2D eigenvalue weighted by molar-refractivity contribution is 7.47. The van der Waals surface area contributed by atoms with Crippen molar-refractivity contribution in [1.29, 1.82) is 0 Å². The maximum Gasteiger partial charge on any atom is 0.472 e. The summed E-state index contributed by atoms with van der Waals surface area (Å²) >= 11 is 0. The van der Waals surface area contributed by atoms with Gasteiger partial charge in [0.15, 0.2) is 0 Å². The topological polar surface area (TPSA) is 111 Å². The number of phosphoric ester groups is 1. The largest absolute Gasteiger partial charge is 0.472 e. The van der Waals surface area contributed by atoms with Crippen molar-refractivity contribution in [2.24, 2.45) is 0 Å². The average molecular weight is 1090 g/mol. The summed E-state index contributed by atoms with van der Waals surface area (Å²) in [4.78, 5) is 37.6. The number of hydrogen-bond donors (Lipinski definition) is 2. The fourth-order valence-corrected chi connectivity index (χ4v) is 8.61. The van der Waals surface area contributed by atoms with Crippen LogP contribution in [-0.4, -0.2) is 74.3 Å². The summed E-state index contributed by atoms with van der Waals surface area (Å²) in [6.07, 6.45) is 78.9. The van der Waals surface area contributed by atoms with Crippen LogP contribution in [-0.2, 0) is 27.9 Å². The Morgan fingerprint density at radius 1 is 0.468 bits per heavy atom. The first-order chi connectivity index (χ1) is 37.4. The molecule has 9 nitrogen and oxygen atoms in total. The molecule has 10 heteroatoms. The second-order valence-corrected chi connectivity index (χ2v) is 22.6. The molecule has 0 aromatic heterocycles. The number of esters is 1. The number of amides is 1. The third-order valence-electron chi connectivity index (χ3n) is 12.6. The lowest BCUT2D eigenvalue weighted by Gasteiger charge is -2.27. The van der Waals surface area contributed by atoms with Gasteiger partial charge in [0.2, 0.25) is 5.91 Å². The van der Waals surface area contributed by atoms with Crippen LogP contribution in [0.5, 0.6) is 0 Å². The van der Waals surface area contributed by atoms with Crippen LogP contribution in [0.3, 0.4) is 0 Å². The normalized spacial score (nSPS) is 14.6. The first kappa shape index (κ1) is 73.2. The number of nitrogens with zero attached hydrogens (tertiary/aromatic N) is 1. The molecule has 438 valence electrons. The van der Waals surface area contributed by atoms with Gasteiger partial charge in [-0.2, -0.15) is 0 Å². The molecule has 0 radical (unpaired) electrons. The third kappa shape index (κ3) is 56.7. The summed E-state index contributed by atoms with van der Waals surface area (Å²) in [6, 6.07) is -0.897. The van der Waals surface area contributed by atoms with Crippen LogP contribution in [0.25, 0.3) is 0 Å². The Kier molecular flexibility index (Phi) is 52.7. The minimum atomic E-state index is -4.48. The Labute approximate surface area is 473 Å². The zero-order chi connectivity index (χ0) is 56.4. The van der Waals surface area contributed by atoms with Crippen molar-refractivity contribution >= 4 is 19.7 Å². The molecule has 0 aliphatic carbocycles. The summed E-state index contributed by atoms with van der Waals surface area (Å²) < 4.78 is 30.6. The highest BCUT2D eigenvalue weighted by Gasteiger charge is 2.30. The standard InChI is InChI=1S/C67H113N2O7P/c1-7-10-13-16-19-22-25-27-29-31-32-33-34-35-36-38-40-42-45-48-51-54-57-60-67(71)76-65(58-55-52-49-46-43-24-21-18-15-12-9-3)64(63-75-77(72,73)74-62-61-69(4,5)6)68-66(70)59-56-53-50-47-44-41-39-37-30-28-26-23-20-17-14-11-8-2/h10,13,19-20,22-23,27-30,32-33,35-36,39-42,47,50,55,58,64-65H,7-9,11-12,14-18,21,24-26,31,34,37-38,43-46,48-49,51-54,56-57,59-63H2,1-6H3,(H-,68,70,72,73)/p+1/b13-10-,22-19-,23-20-,29-27-,30-28-,33-32-,36-35-,41-39-,42-40-,50-47-,58-55-. The Morgan fingerprint density at radius 3 is 1.30 bits per heavy atom. The lowest BCUT2D eigenvalue weighted by Crippen LogP contribution is -2.47. The van der Waals surface area contributed by atoms with E-state index in [1.807, 2.05) is 33.3 Å². The van der Waals surface area contributed by atoms with E-state index in [1.54, 1.807) is 0 Å². The van der Waals surface area contributed by atoms with E-state index in [4.69, 9.17) is 13.8 Å². The number of likely N-dealkylation sites (N-methyl/N-ethyl adjacent to an activating group) is 1. The SMILES string of the molecule is CC/C=C\C/C=C\C/C=C\C/C=C\C/C=C\C/C=C\CCCCCCC(=O)OC(/C=C\CCCCCCCCCCC)C(COP(=O)(O)OCC[N+](C)(C)C)NC(=O)CCC/C=C\C/C=C\C/C=C\C/C=C\CCCCC. The Morgan fingerprint density at radius 2 is 0.844 bits per heavy atom. The van der Waals surface area contributed by atoms with Gasteiger partial charge in [0.05, 0.1) is 33.8 Å². The predicted molar refractivity (Wildman–Crippen MR) is 332 cm³/mol. The van der Waals surface area contributed by atoms with Crippen molar-refractivity contribution in [3.63, 3.8) is 0 Å². The fraction of sp³-hybridized carbons (Fsp3) is 0.642. The van der Waals surface area contributed by atoms with Gasteiger partial charge in [-0.15, -0.1) is 0 Å². The van der Waals surface area contributed by atoms with E-state index >= 15 is 0 Å². The van der Waals surface area contributed by atoms with Gasteiger partial charge in [-0.05, 0) is 122 Å². The average Bonchev–Trinajstić information content (AvgIpc) is 3.39. The Bertz CT molecular complexity index is 1780. The van der Waals surface area contributed by atoms with Gasteiger partial charge in [0.1, 0.15) is 19.3 Å². The maximum atomic E-state index is 13.5. The first-order valence-corrected chi connectivity index (χ1v) is 32.0. The minimum Gasteiger partial charge on any atom is -0.456 e. The second kappa shape index (κ2) is 55.5. The van der Waals surface area contributed by atoms with Crippen LogP contribution >= 0.6 is 7.82 Å². The number of ether oxygens (including phenoxy) is 1. The van der Waals surface area contributed by atoms with Crippen molar-refractivity contribution in [2.45, 2.75) is 238 Å². The van der Waals surface area contributed by atoms with E-state index in [9.17, 15) is 19.0 Å². The van der Waals surface area contributed by atoms with Crippen molar-refractivity contribution in [2.75, 3.05) is 40.9 Å². The van der Waals surface area contributed by atoms with Gasteiger partial charge in [-0.1, -0.05) is 225 Å². The van der Waals surface area contributed by atoms with Crippen LogP contribution in [0.1, 0.15) is 226 Å². The summed E-state index contributed by atoms with van der Waals surface area (Å²) in [5.41, 5.74) is 0. The number of nitrogens with one attached hydrogen (secondary N) is 1. The number of carbonyl (C=O) groups is 2. The summed E-state index contributed by atoms with van der Waals surface area (Å²) in [5, 5.41) is 3.01. The molecule has 0 aromatic rings. The predicted octanol–water partition coefficient (Wildman–Crippen LogP) is 18.9.